The van der Waals surface area contributed by atoms with Crippen molar-refractivity contribution in [3.05, 3.63) is 53.6 Å². The van der Waals surface area contributed by atoms with Gasteiger partial charge in [0.1, 0.15) is 5.82 Å². The molecular formula is C17H22FIN4O2. The van der Waals surface area contributed by atoms with E-state index in [1.165, 1.54) is 6.07 Å². The van der Waals surface area contributed by atoms with E-state index in [-0.39, 0.29) is 36.3 Å². The molecule has 1 heterocycles. The Labute approximate surface area is 163 Å². The van der Waals surface area contributed by atoms with E-state index in [0.29, 0.717) is 29.7 Å². The Bertz CT molecular complexity index is 713. The van der Waals surface area contributed by atoms with Crippen molar-refractivity contribution in [3.63, 3.8) is 0 Å². The van der Waals surface area contributed by atoms with Crippen LogP contribution in [0.1, 0.15) is 11.3 Å². The van der Waals surface area contributed by atoms with Gasteiger partial charge in [-0.2, -0.15) is 0 Å². The predicted octanol–water partition coefficient (Wildman–Crippen LogP) is 2.72. The molecule has 0 atom stereocenters. The number of guanidine groups is 1. The van der Waals surface area contributed by atoms with E-state index in [9.17, 15) is 4.39 Å². The third-order valence-corrected chi connectivity index (χ3v) is 3.39. The molecule has 2 N–H and O–H groups in total. The normalized spacial score (nSPS) is 10.6. The number of nitrogens with zero attached hydrogens (tertiary/aromatic N) is 2. The fourth-order valence-electron chi connectivity index (χ4n) is 2.11. The highest BCUT2D eigenvalue weighted by Gasteiger charge is 2.06. The topological polar surface area (TPSA) is 67.8 Å². The Hall–Kier alpha value is -2.10. The quantitative estimate of drug-likeness (QED) is 0.395. The third kappa shape index (κ3) is 6.04. The summed E-state index contributed by atoms with van der Waals surface area (Å²) in [6.07, 6.45) is 1.56. The second-order valence-electron chi connectivity index (χ2n) is 4.90. The van der Waals surface area contributed by atoms with Gasteiger partial charge >= 0.3 is 0 Å². The number of benzene rings is 1. The first-order valence-corrected chi connectivity index (χ1v) is 7.42. The van der Waals surface area contributed by atoms with E-state index < -0.39 is 0 Å². The molecule has 1 aromatic carbocycles. The average molecular weight is 460 g/mol. The summed E-state index contributed by atoms with van der Waals surface area (Å²) in [5.74, 6) is 1.54. The number of halogens is 2. The van der Waals surface area contributed by atoms with E-state index in [0.717, 1.165) is 5.56 Å². The number of ether oxygens (including phenoxy) is 2. The Balaban J connectivity index is 0.00000312. The molecule has 0 saturated carbocycles. The van der Waals surface area contributed by atoms with Crippen molar-refractivity contribution < 1.29 is 13.9 Å². The molecule has 0 aliphatic heterocycles. The number of nitrogens with one attached hydrogen (secondary N) is 2. The van der Waals surface area contributed by atoms with E-state index in [2.05, 4.69) is 20.6 Å². The molecule has 0 radical (unpaired) electrons. The van der Waals surface area contributed by atoms with E-state index in [1.54, 1.807) is 33.5 Å². The van der Waals surface area contributed by atoms with Crippen molar-refractivity contribution in [2.45, 2.75) is 13.1 Å². The van der Waals surface area contributed by atoms with Crippen molar-refractivity contribution in [2.75, 3.05) is 21.3 Å². The molecule has 8 heteroatoms. The van der Waals surface area contributed by atoms with Gasteiger partial charge in [0.25, 0.3) is 0 Å². The fraction of sp³-hybridized carbons (Fsp3) is 0.294. The van der Waals surface area contributed by atoms with Crippen LogP contribution in [0.15, 0.2) is 41.5 Å². The zero-order valence-electron chi connectivity index (χ0n) is 14.4. The lowest BCUT2D eigenvalue weighted by atomic mass is 10.2. The van der Waals surface area contributed by atoms with Gasteiger partial charge in [-0.1, -0.05) is 6.07 Å². The van der Waals surface area contributed by atoms with Crippen molar-refractivity contribution in [1.82, 2.24) is 15.6 Å². The molecular weight excluding hydrogens is 438 g/mol. The van der Waals surface area contributed by atoms with Gasteiger partial charge in [0.05, 0.1) is 26.5 Å². The van der Waals surface area contributed by atoms with Crippen LogP contribution in [0.2, 0.25) is 0 Å². The first-order chi connectivity index (χ1) is 11.7. The van der Waals surface area contributed by atoms with Gasteiger partial charge < -0.3 is 20.1 Å². The lowest BCUT2D eigenvalue weighted by molar-refractivity contribution is 0.354. The minimum atomic E-state index is -0.347. The number of hydrogen-bond donors (Lipinski definition) is 2. The van der Waals surface area contributed by atoms with Crippen LogP contribution in [0.4, 0.5) is 4.39 Å². The van der Waals surface area contributed by atoms with Crippen LogP contribution in [0.5, 0.6) is 11.5 Å². The summed E-state index contributed by atoms with van der Waals surface area (Å²) in [6, 6.07) is 8.60. The minimum absolute atomic E-state index is 0. The van der Waals surface area contributed by atoms with Crippen LogP contribution in [0.25, 0.3) is 0 Å². The lowest BCUT2D eigenvalue weighted by Crippen LogP contribution is -2.36. The van der Waals surface area contributed by atoms with Crippen LogP contribution in [0, 0.1) is 5.82 Å². The summed E-state index contributed by atoms with van der Waals surface area (Å²) in [7, 11) is 4.84. The standard InChI is InChI=1S/C17H21FN4O2.HI/c1-19-17(22-11-14-13(18)5-4-8-20-14)21-10-12-6-7-15(23-2)16(9-12)24-3;/h4-9H,10-11H2,1-3H3,(H2,19,21,22);1H. The fourth-order valence-corrected chi connectivity index (χ4v) is 2.11. The molecule has 0 bridgehead atoms. The molecule has 0 unspecified atom stereocenters. The molecule has 0 aliphatic rings. The van der Waals surface area contributed by atoms with Crippen LogP contribution in [-0.2, 0) is 13.1 Å². The van der Waals surface area contributed by atoms with Gasteiger partial charge in [0.2, 0.25) is 0 Å². The van der Waals surface area contributed by atoms with Crippen molar-refractivity contribution >= 4 is 29.9 Å². The number of pyridine rings is 1. The van der Waals surface area contributed by atoms with Gasteiger partial charge in [-0.3, -0.25) is 9.98 Å². The van der Waals surface area contributed by atoms with Gasteiger partial charge in [-0.25, -0.2) is 4.39 Å². The van der Waals surface area contributed by atoms with E-state index in [1.807, 2.05) is 18.2 Å². The highest BCUT2D eigenvalue weighted by atomic mass is 127. The molecule has 2 rings (SSSR count). The number of hydrogen-bond acceptors (Lipinski definition) is 4. The molecule has 1 aromatic heterocycles. The Morgan fingerprint density at radius 3 is 2.48 bits per heavy atom. The number of rotatable bonds is 6. The largest absolute Gasteiger partial charge is 0.493 e. The van der Waals surface area contributed by atoms with Crippen LogP contribution in [-0.4, -0.2) is 32.2 Å². The first-order valence-electron chi connectivity index (χ1n) is 7.42. The highest BCUT2D eigenvalue weighted by molar-refractivity contribution is 14.0. The Morgan fingerprint density at radius 2 is 1.84 bits per heavy atom. The number of aromatic nitrogens is 1. The maximum absolute atomic E-state index is 13.6. The van der Waals surface area contributed by atoms with Crippen LogP contribution < -0.4 is 20.1 Å². The number of aliphatic imine (C=N–C) groups is 1. The van der Waals surface area contributed by atoms with Gasteiger partial charge in [-0.05, 0) is 29.8 Å². The van der Waals surface area contributed by atoms with Crippen LogP contribution >= 0.6 is 24.0 Å². The molecule has 25 heavy (non-hydrogen) atoms. The lowest BCUT2D eigenvalue weighted by Gasteiger charge is -2.13. The Morgan fingerprint density at radius 1 is 1.12 bits per heavy atom. The van der Waals surface area contributed by atoms with Gasteiger partial charge in [-0.15, -0.1) is 24.0 Å². The summed E-state index contributed by atoms with van der Waals surface area (Å²) < 4.78 is 24.1. The number of methoxy groups -OCH3 is 2. The first kappa shape index (κ1) is 20.9. The summed E-state index contributed by atoms with van der Waals surface area (Å²) in [5, 5.41) is 6.18. The zero-order chi connectivity index (χ0) is 17.4. The molecule has 136 valence electrons. The summed E-state index contributed by atoms with van der Waals surface area (Å²) >= 11 is 0. The average Bonchev–Trinajstić information content (AvgIpc) is 2.62. The summed E-state index contributed by atoms with van der Waals surface area (Å²) in [6.45, 7) is 0.781. The second kappa shape index (κ2) is 10.7. The summed E-state index contributed by atoms with van der Waals surface area (Å²) in [5.41, 5.74) is 1.34. The predicted molar refractivity (Wildman–Crippen MR) is 106 cm³/mol. The van der Waals surface area contributed by atoms with Crippen molar-refractivity contribution in [2.24, 2.45) is 4.99 Å². The van der Waals surface area contributed by atoms with Gasteiger partial charge in [0.15, 0.2) is 17.5 Å². The van der Waals surface area contributed by atoms with Crippen molar-refractivity contribution in [1.29, 1.82) is 0 Å². The maximum atomic E-state index is 13.6. The molecule has 0 saturated heterocycles. The molecule has 6 nitrogen and oxygen atoms in total. The van der Waals surface area contributed by atoms with Crippen molar-refractivity contribution in [3.8, 4) is 11.5 Å². The molecule has 0 aliphatic carbocycles. The minimum Gasteiger partial charge on any atom is -0.493 e. The van der Waals surface area contributed by atoms with E-state index in [4.69, 9.17) is 9.47 Å². The molecule has 0 fully saturated rings. The SMILES string of the molecule is CN=C(NCc1ccc(OC)c(OC)c1)NCc1ncccc1F.I. The monoisotopic (exact) mass is 460 g/mol. The third-order valence-electron chi connectivity index (χ3n) is 3.39. The molecule has 2 aromatic rings. The molecule has 0 spiro atoms. The van der Waals surface area contributed by atoms with Gasteiger partial charge in [0, 0.05) is 19.8 Å². The second-order valence-corrected chi connectivity index (χ2v) is 4.90. The maximum Gasteiger partial charge on any atom is 0.191 e. The summed E-state index contributed by atoms with van der Waals surface area (Å²) in [4.78, 5) is 8.11. The Kier molecular flexibility index (Phi) is 8.96. The van der Waals surface area contributed by atoms with Crippen LogP contribution in [0.3, 0.4) is 0 Å². The highest BCUT2D eigenvalue weighted by Crippen LogP contribution is 2.27. The van der Waals surface area contributed by atoms with E-state index >= 15 is 0 Å². The smallest absolute Gasteiger partial charge is 0.191 e. The molecule has 0 amide bonds. The zero-order valence-corrected chi connectivity index (χ0v) is 16.7.